The Morgan fingerprint density at radius 3 is 2.53 bits per heavy atom. The second kappa shape index (κ2) is 8.85. The van der Waals surface area contributed by atoms with E-state index in [4.69, 9.17) is 4.74 Å². The summed E-state index contributed by atoms with van der Waals surface area (Å²) in [7, 11) is 4.11. The van der Waals surface area contributed by atoms with Crippen molar-refractivity contribution in [3.05, 3.63) is 33.4 Å². The summed E-state index contributed by atoms with van der Waals surface area (Å²) in [6, 6.07) is 8.57. The van der Waals surface area contributed by atoms with Crippen LogP contribution in [-0.2, 0) is 11.3 Å². The highest BCUT2D eigenvalue weighted by molar-refractivity contribution is 14.1. The summed E-state index contributed by atoms with van der Waals surface area (Å²) in [6.07, 6.45) is 0. The van der Waals surface area contributed by atoms with Gasteiger partial charge in [0, 0.05) is 23.2 Å². The molecule has 96 valence electrons. The van der Waals surface area contributed by atoms with Crippen LogP contribution >= 0.6 is 22.6 Å². The van der Waals surface area contributed by atoms with Gasteiger partial charge in [-0.05, 0) is 54.4 Å². The predicted octanol–water partition coefficient (Wildman–Crippen LogP) is 1.96. The molecule has 0 fully saturated rings. The fraction of sp³-hybridized carbons (Fsp3) is 0.538. The van der Waals surface area contributed by atoms with Gasteiger partial charge < -0.3 is 15.0 Å². The van der Waals surface area contributed by atoms with E-state index < -0.39 is 0 Å². The number of hydrogen-bond acceptors (Lipinski definition) is 3. The monoisotopic (exact) mass is 348 g/mol. The first-order chi connectivity index (χ1) is 8.18. The third kappa shape index (κ3) is 7.70. The molecule has 0 radical (unpaired) electrons. The van der Waals surface area contributed by atoms with Crippen molar-refractivity contribution in [2.24, 2.45) is 0 Å². The van der Waals surface area contributed by atoms with Crippen LogP contribution in [0.4, 0.5) is 0 Å². The van der Waals surface area contributed by atoms with E-state index in [0.717, 1.165) is 32.8 Å². The number of nitrogens with one attached hydrogen (secondary N) is 1. The summed E-state index contributed by atoms with van der Waals surface area (Å²) in [6.45, 7) is 4.38. The number of nitrogens with zero attached hydrogens (tertiary/aromatic N) is 1. The van der Waals surface area contributed by atoms with E-state index in [-0.39, 0.29) is 0 Å². The SMILES string of the molecule is CN(C)CCOCCNCc1ccc(I)cc1. The summed E-state index contributed by atoms with van der Waals surface area (Å²) in [5.74, 6) is 0. The minimum absolute atomic E-state index is 0.776. The van der Waals surface area contributed by atoms with Crippen LogP contribution in [0.1, 0.15) is 5.56 Å². The van der Waals surface area contributed by atoms with Crippen LogP contribution in [-0.4, -0.2) is 45.3 Å². The Bertz CT molecular complexity index is 301. The molecule has 0 spiro atoms. The fourth-order valence-corrected chi connectivity index (χ4v) is 1.69. The molecule has 1 rings (SSSR count). The molecule has 1 aromatic carbocycles. The van der Waals surface area contributed by atoms with Crippen LogP contribution in [0, 0.1) is 3.57 Å². The van der Waals surface area contributed by atoms with Gasteiger partial charge in [-0.1, -0.05) is 12.1 Å². The molecule has 0 aliphatic rings. The number of halogens is 1. The molecular weight excluding hydrogens is 327 g/mol. The molecule has 0 bridgehead atoms. The smallest absolute Gasteiger partial charge is 0.0593 e. The molecular formula is C13H21IN2O. The third-order valence-corrected chi connectivity index (χ3v) is 3.07. The van der Waals surface area contributed by atoms with Crippen molar-refractivity contribution in [1.82, 2.24) is 10.2 Å². The van der Waals surface area contributed by atoms with Crippen LogP contribution in [0.15, 0.2) is 24.3 Å². The lowest BCUT2D eigenvalue weighted by Gasteiger charge is -2.10. The Labute approximate surface area is 118 Å². The maximum atomic E-state index is 5.50. The standard InChI is InChI=1S/C13H21IN2O/c1-16(2)8-10-17-9-7-15-11-12-3-5-13(14)6-4-12/h3-6,15H,7-11H2,1-2H3. The topological polar surface area (TPSA) is 24.5 Å². The number of likely N-dealkylation sites (N-methyl/N-ethyl adjacent to an activating group) is 1. The van der Waals surface area contributed by atoms with Crippen molar-refractivity contribution in [2.75, 3.05) is 40.4 Å². The second-order valence-corrected chi connectivity index (χ2v) is 5.46. The molecule has 0 atom stereocenters. The van der Waals surface area contributed by atoms with E-state index in [1.165, 1.54) is 9.13 Å². The molecule has 0 aromatic heterocycles. The second-order valence-electron chi connectivity index (χ2n) is 4.22. The molecule has 0 unspecified atom stereocenters. The normalized spacial score (nSPS) is 11.1. The lowest BCUT2D eigenvalue weighted by atomic mass is 10.2. The van der Waals surface area contributed by atoms with E-state index in [1.807, 2.05) is 0 Å². The van der Waals surface area contributed by atoms with Gasteiger partial charge in [-0.3, -0.25) is 0 Å². The molecule has 4 heteroatoms. The van der Waals surface area contributed by atoms with Gasteiger partial charge in [0.05, 0.1) is 13.2 Å². The Morgan fingerprint density at radius 2 is 1.88 bits per heavy atom. The van der Waals surface area contributed by atoms with E-state index in [1.54, 1.807) is 0 Å². The number of benzene rings is 1. The summed E-state index contributed by atoms with van der Waals surface area (Å²) in [5.41, 5.74) is 1.32. The van der Waals surface area contributed by atoms with Gasteiger partial charge in [0.2, 0.25) is 0 Å². The van der Waals surface area contributed by atoms with E-state index in [2.05, 4.69) is 71.2 Å². The van der Waals surface area contributed by atoms with Gasteiger partial charge in [-0.2, -0.15) is 0 Å². The highest BCUT2D eigenvalue weighted by Crippen LogP contribution is 2.06. The van der Waals surface area contributed by atoms with Gasteiger partial charge in [0.15, 0.2) is 0 Å². The molecule has 0 aliphatic heterocycles. The lowest BCUT2D eigenvalue weighted by Crippen LogP contribution is -2.23. The van der Waals surface area contributed by atoms with Crippen molar-refractivity contribution >= 4 is 22.6 Å². The largest absolute Gasteiger partial charge is 0.379 e. The lowest BCUT2D eigenvalue weighted by molar-refractivity contribution is 0.119. The van der Waals surface area contributed by atoms with Crippen LogP contribution in [0.5, 0.6) is 0 Å². The Morgan fingerprint density at radius 1 is 1.18 bits per heavy atom. The summed E-state index contributed by atoms with van der Waals surface area (Å²) in [5, 5.41) is 3.37. The summed E-state index contributed by atoms with van der Waals surface area (Å²) in [4.78, 5) is 2.12. The quantitative estimate of drug-likeness (QED) is 0.574. The Balaban J connectivity index is 1.99. The first-order valence-electron chi connectivity index (χ1n) is 5.86. The first-order valence-corrected chi connectivity index (χ1v) is 6.94. The van der Waals surface area contributed by atoms with Crippen molar-refractivity contribution in [3.63, 3.8) is 0 Å². The molecule has 0 aliphatic carbocycles. The highest BCUT2D eigenvalue weighted by atomic mass is 127. The van der Waals surface area contributed by atoms with Crippen molar-refractivity contribution in [1.29, 1.82) is 0 Å². The van der Waals surface area contributed by atoms with Crippen LogP contribution in [0.2, 0.25) is 0 Å². The predicted molar refractivity (Wildman–Crippen MR) is 80.2 cm³/mol. The molecule has 1 aromatic rings. The summed E-state index contributed by atoms with van der Waals surface area (Å²) < 4.78 is 6.77. The molecule has 3 nitrogen and oxygen atoms in total. The average molecular weight is 348 g/mol. The number of ether oxygens (including phenoxy) is 1. The van der Waals surface area contributed by atoms with Crippen molar-refractivity contribution < 1.29 is 4.74 Å². The van der Waals surface area contributed by atoms with Gasteiger partial charge in [0.1, 0.15) is 0 Å². The van der Waals surface area contributed by atoms with Crippen LogP contribution < -0.4 is 5.32 Å². The highest BCUT2D eigenvalue weighted by Gasteiger charge is 1.93. The molecule has 0 heterocycles. The number of hydrogen-bond donors (Lipinski definition) is 1. The van der Waals surface area contributed by atoms with Crippen LogP contribution in [0.25, 0.3) is 0 Å². The molecule has 1 N–H and O–H groups in total. The minimum atomic E-state index is 0.776. The zero-order valence-corrected chi connectivity index (χ0v) is 12.7. The Hall–Kier alpha value is -0.170. The maximum absolute atomic E-state index is 5.50. The van der Waals surface area contributed by atoms with E-state index in [0.29, 0.717) is 0 Å². The van der Waals surface area contributed by atoms with Crippen LogP contribution in [0.3, 0.4) is 0 Å². The first kappa shape index (κ1) is 14.9. The van der Waals surface area contributed by atoms with Crippen molar-refractivity contribution in [3.8, 4) is 0 Å². The van der Waals surface area contributed by atoms with Gasteiger partial charge in [-0.15, -0.1) is 0 Å². The third-order valence-electron chi connectivity index (χ3n) is 2.35. The molecule has 0 amide bonds. The zero-order chi connectivity index (χ0) is 12.5. The van der Waals surface area contributed by atoms with Gasteiger partial charge in [-0.25, -0.2) is 0 Å². The zero-order valence-electron chi connectivity index (χ0n) is 10.6. The Kier molecular flexibility index (Phi) is 7.75. The molecule has 0 saturated carbocycles. The van der Waals surface area contributed by atoms with Gasteiger partial charge in [0.25, 0.3) is 0 Å². The van der Waals surface area contributed by atoms with E-state index >= 15 is 0 Å². The van der Waals surface area contributed by atoms with Gasteiger partial charge >= 0.3 is 0 Å². The maximum Gasteiger partial charge on any atom is 0.0593 e. The fourth-order valence-electron chi connectivity index (χ4n) is 1.33. The van der Waals surface area contributed by atoms with E-state index in [9.17, 15) is 0 Å². The average Bonchev–Trinajstić information content (AvgIpc) is 2.30. The molecule has 0 saturated heterocycles. The summed E-state index contributed by atoms with van der Waals surface area (Å²) >= 11 is 2.32. The number of rotatable bonds is 8. The molecule has 17 heavy (non-hydrogen) atoms. The van der Waals surface area contributed by atoms with Crippen molar-refractivity contribution in [2.45, 2.75) is 6.54 Å². The minimum Gasteiger partial charge on any atom is -0.379 e.